The summed E-state index contributed by atoms with van der Waals surface area (Å²) >= 11 is 0. The van der Waals surface area contributed by atoms with E-state index in [0.29, 0.717) is 5.82 Å². The molecule has 0 aliphatic carbocycles. The summed E-state index contributed by atoms with van der Waals surface area (Å²) in [7, 11) is 0. The normalized spacial score (nSPS) is 11.3. The molecular weight excluding hydrogens is 659 g/mol. The first-order valence-corrected chi connectivity index (χ1v) is 18.2. The van der Waals surface area contributed by atoms with Crippen LogP contribution in [0, 0.1) is 0 Å². The van der Waals surface area contributed by atoms with Gasteiger partial charge in [-0.1, -0.05) is 146 Å². The lowest BCUT2D eigenvalue weighted by atomic mass is 10.0. The molecule has 0 aliphatic rings. The molecule has 4 nitrogen and oxygen atoms in total. The number of para-hydroxylation sites is 1. The van der Waals surface area contributed by atoms with Crippen LogP contribution < -0.4 is 4.90 Å². The topological polar surface area (TPSA) is 42.2 Å². The van der Waals surface area contributed by atoms with E-state index >= 15 is 0 Å². The van der Waals surface area contributed by atoms with Crippen molar-refractivity contribution in [3.63, 3.8) is 0 Å². The second-order valence-electron chi connectivity index (χ2n) is 13.4. The van der Waals surface area contributed by atoms with Gasteiger partial charge in [-0.25, -0.2) is 9.97 Å². The van der Waals surface area contributed by atoms with Crippen molar-refractivity contribution in [1.29, 1.82) is 0 Å². The maximum atomic E-state index is 6.69. The first-order chi connectivity index (χ1) is 26.8. The first kappa shape index (κ1) is 31.4. The second kappa shape index (κ2) is 13.4. The molecule has 0 fully saturated rings. The molecular formula is C50H33N3O. The molecule has 0 saturated carbocycles. The van der Waals surface area contributed by atoms with Crippen molar-refractivity contribution in [3.05, 3.63) is 200 Å². The summed E-state index contributed by atoms with van der Waals surface area (Å²) in [5, 5.41) is 4.20. The van der Waals surface area contributed by atoms with E-state index in [1.54, 1.807) is 0 Å². The Morgan fingerprint density at radius 2 is 0.852 bits per heavy atom. The third kappa shape index (κ3) is 5.67. The zero-order valence-corrected chi connectivity index (χ0v) is 29.3. The summed E-state index contributed by atoms with van der Waals surface area (Å²) in [6.07, 6.45) is 0. The fourth-order valence-corrected chi connectivity index (χ4v) is 7.43. The molecule has 8 aromatic carbocycles. The minimum Gasteiger partial charge on any atom is -0.455 e. The van der Waals surface area contributed by atoms with Gasteiger partial charge in [-0.2, -0.15) is 0 Å². The standard InChI is InChI=1S/C50H33N3O/c1-5-15-34(16-6-1)35-25-28-40(29-26-35)53(39-21-11-4-12-22-39)47-32-44-43-31-38(27-30-48(43)54-49(44)42-24-14-13-23-41(42)47)50-51-45(36-17-7-2-8-18-36)33-46(52-50)37-19-9-3-10-20-37/h1-33H. The van der Waals surface area contributed by atoms with Gasteiger partial charge in [-0.3, -0.25) is 0 Å². The number of hydrogen-bond acceptors (Lipinski definition) is 4. The average molecular weight is 692 g/mol. The molecule has 0 atom stereocenters. The van der Waals surface area contributed by atoms with Gasteiger partial charge < -0.3 is 9.32 Å². The smallest absolute Gasteiger partial charge is 0.160 e. The highest BCUT2D eigenvalue weighted by Gasteiger charge is 2.21. The van der Waals surface area contributed by atoms with Crippen LogP contribution in [-0.2, 0) is 0 Å². The molecule has 4 heteroatoms. The van der Waals surface area contributed by atoms with Crippen LogP contribution in [0.3, 0.4) is 0 Å². The number of fused-ring (bicyclic) bond motifs is 5. The van der Waals surface area contributed by atoms with Crippen LogP contribution >= 0.6 is 0 Å². The zero-order valence-electron chi connectivity index (χ0n) is 29.3. The molecule has 254 valence electrons. The Morgan fingerprint density at radius 3 is 1.48 bits per heavy atom. The maximum absolute atomic E-state index is 6.69. The van der Waals surface area contributed by atoms with Crippen molar-refractivity contribution >= 4 is 49.8 Å². The summed E-state index contributed by atoms with van der Waals surface area (Å²) < 4.78 is 6.69. The van der Waals surface area contributed by atoms with Crippen LogP contribution in [0.4, 0.5) is 17.1 Å². The predicted molar refractivity (Wildman–Crippen MR) is 223 cm³/mol. The van der Waals surface area contributed by atoms with Crippen LogP contribution in [0.1, 0.15) is 0 Å². The van der Waals surface area contributed by atoms with E-state index in [2.05, 4.69) is 169 Å². The summed E-state index contributed by atoms with van der Waals surface area (Å²) in [4.78, 5) is 12.6. The molecule has 0 spiro atoms. The number of rotatable bonds is 7. The van der Waals surface area contributed by atoms with Crippen molar-refractivity contribution in [2.24, 2.45) is 0 Å². The van der Waals surface area contributed by atoms with Gasteiger partial charge in [-0.15, -0.1) is 0 Å². The minimum atomic E-state index is 0.664. The lowest BCUT2D eigenvalue weighted by Gasteiger charge is -2.27. The second-order valence-corrected chi connectivity index (χ2v) is 13.4. The summed E-state index contributed by atoms with van der Waals surface area (Å²) in [6, 6.07) is 69.7. The van der Waals surface area contributed by atoms with Crippen LogP contribution in [0.5, 0.6) is 0 Å². The fraction of sp³-hybridized carbons (Fsp3) is 0. The van der Waals surface area contributed by atoms with E-state index in [9.17, 15) is 0 Å². The highest BCUT2D eigenvalue weighted by atomic mass is 16.3. The molecule has 10 rings (SSSR count). The first-order valence-electron chi connectivity index (χ1n) is 18.2. The van der Waals surface area contributed by atoms with Gasteiger partial charge >= 0.3 is 0 Å². The summed E-state index contributed by atoms with van der Waals surface area (Å²) in [5.74, 6) is 0.664. The highest BCUT2D eigenvalue weighted by Crippen LogP contribution is 2.45. The van der Waals surface area contributed by atoms with Gasteiger partial charge in [0.15, 0.2) is 5.82 Å². The van der Waals surface area contributed by atoms with E-state index in [1.165, 1.54) is 11.1 Å². The number of furan rings is 1. The summed E-state index contributed by atoms with van der Waals surface area (Å²) in [5.41, 5.74) is 12.0. The van der Waals surface area contributed by atoms with Crippen LogP contribution in [-0.4, -0.2) is 9.97 Å². The lowest BCUT2D eigenvalue weighted by molar-refractivity contribution is 0.672. The number of nitrogens with zero attached hydrogens (tertiary/aromatic N) is 3. The van der Waals surface area contributed by atoms with E-state index in [0.717, 1.165) is 77.9 Å². The number of hydrogen-bond donors (Lipinski definition) is 0. The van der Waals surface area contributed by atoms with Crippen LogP contribution in [0.25, 0.3) is 77.7 Å². The summed E-state index contributed by atoms with van der Waals surface area (Å²) in [6.45, 7) is 0. The molecule has 0 saturated heterocycles. The predicted octanol–water partition coefficient (Wildman–Crippen LogP) is 13.7. The van der Waals surface area contributed by atoms with E-state index in [-0.39, 0.29) is 0 Å². The van der Waals surface area contributed by atoms with Gasteiger partial charge in [0.1, 0.15) is 11.2 Å². The lowest BCUT2D eigenvalue weighted by Crippen LogP contribution is -2.10. The molecule has 0 N–H and O–H groups in total. The quantitative estimate of drug-likeness (QED) is 0.167. The van der Waals surface area contributed by atoms with Gasteiger partial charge in [0, 0.05) is 49.6 Å². The van der Waals surface area contributed by atoms with Gasteiger partial charge in [-0.05, 0) is 65.7 Å². The molecule has 0 bridgehead atoms. The number of benzene rings is 8. The Kier molecular flexibility index (Phi) is 7.77. The molecule has 0 radical (unpaired) electrons. The molecule has 0 aliphatic heterocycles. The minimum absolute atomic E-state index is 0.664. The van der Waals surface area contributed by atoms with Crippen molar-refractivity contribution in [1.82, 2.24) is 9.97 Å². The third-order valence-corrected chi connectivity index (χ3v) is 10.1. The maximum Gasteiger partial charge on any atom is 0.160 e. The SMILES string of the molecule is c1ccc(-c2ccc(N(c3ccccc3)c3cc4c5cc(-c6nc(-c7ccccc7)cc(-c7ccccc7)n6)ccc5oc4c4ccccc34)cc2)cc1. The van der Waals surface area contributed by atoms with Crippen molar-refractivity contribution in [3.8, 4) is 45.0 Å². The molecule has 10 aromatic rings. The molecule has 0 amide bonds. The Labute approximate surface area is 313 Å². The van der Waals surface area contributed by atoms with E-state index in [1.807, 2.05) is 36.4 Å². The van der Waals surface area contributed by atoms with Crippen LogP contribution in [0.15, 0.2) is 205 Å². The van der Waals surface area contributed by atoms with Gasteiger partial charge in [0.2, 0.25) is 0 Å². The van der Waals surface area contributed by atoms with Crippen molar-refractivity contribution in [2.45, 2.75) is 0 Å². The zero-order chi connectivity index (χ0) is 35.8. The molecule has 2 heterocycles. The number of anilines is 3. The van der Waals surface area contributed by atoms with Gasteiger partial charge in [0.05, 0.1) is 17.1 Å². The molecule has 54 heavy (non-hydrogen) atoms. The van der Waals surface area contributed by atoms with Gasteiger partial charge in [0.25, 0.3) is 0 Å². The highest BCUT2D eigenvalue weighted by molar-refractivity contribution is 6.20. The third-order valence-electron chi connectivity index (χ3n) is 10.1. The molecule has 0 unspecified atom stereocenters. The van der Waals surface area contributed by atoms with E-state index in [4.69, 9.17) is 14.4 Å². The fourth-order valence-electron chi connectivity index (χ4n) is 7.43. The molecule has 2 aromatic heterocycles. The largest absolute Gasteiger partial charge is 0.455 e. The van der Waals surface area contributed by atoms with Crippen molar-refractivity contribution < 1.29 is 4.42 Å². The Morgan fingerprint density at radius 1 is 0.352 bits per heavy atom. The van der Waals surface area contributed by atoms with Crippen molar-refractivity contribution in [2.75, 3.05) is 4.90 Å². The average Bonchev–Trinajstić information content (AvgIpc) is 3.63. The Balaban J connectivity index is 1.17. The monoisotopic (exact) mass is 691 g/mol. The van der Waals surface area contributed by atoms with E-state index < -0.39 is 0 Å². The Hall–Kier alpha value is -7.30. The number of aromatic nitrogens is 2. The van der Waals surface area contributed by atoms with Crippen LogP contribution in [0.2, 0.25) is 0 Å². The Bertz CT molecular complexity index is 2850.